The minimum atomic E-state index is 1.04. The van der Waals surface area contributed by atoms with Gasteiger partial charge in [0.25, 0.3) is 0 Å². The maximum Gasteiger partial charge on any atom is 0.0633 e. The molecule has 2 nitrogen and oxygen atoms in total. The van der Waals surface area contributed by atoms with Gasteiger partial charge in [0.1, 0.15) is 0 Å². The Morgan fingerprint density at radius 2 is 0.778 bits per heavy atom. The van der Waals surface area contributed by atoms with Crippen molar-refractivity contribution in [3.63, 3.8) is 0 Å². The second kappa shape index (κ2) is 19.0. The zero-order chi connectivity index (χ0) is 25.8. The zero-order valence-electron chi connectivity index (χ0n) is 23.8. The van der Waals surface area contributed by atoms with Gasteiger partial charge in [0.2, 0.25) is 0 Å². The van der Waals surface area contributed by atoms with E-state index in [1.807, 2.05) is 12.4 Å². The molecule has 0 aliphatic rings. The zero-order valence-corrected chi connectivity index (χ0v) is 23.8. The minimum Gasteiger partial charge on any atom is -0.255 e. The van der Waals surface area contributed by atoms with E-state index < -0.39 is 0 Å². The maximum absolute atomic E-state index is 4.72. The molecule has 0 bridgehead atoms. The highest BCUT2D eigenvalue weighted by atomic mass is 14.8. The van der Waals surface area contributed by atoms with Gasteiger partial charge < -0.3 is 0 Å². The first-order chi connectivity index (χ1) is 17.7. The lowest BCUT2D eigenvalue weighted by molar-refractivity contribution is 0.693. The summed E-state index contributed by atoms with van der Waals surface area (Å²) in [5.41, 5.74) is 8.09. The number of hydrogen-bond donors (Lipinski definition) is 0. The van der Waals surface area contributed by atoms with Gasteiger partial charge >= 0.3 is 0 Å². The summed E-state index contributed by atoms with van der Waals surface area (Å²) in [5.74, 6) is 0. The Morgan fingerprint density at radius 1 is 0.444 bits per heavy atom. The van der Waals surface area contributed by atoms with Crippen molar-refractivity contribution in [2.75, 3.05) is 0 Å². The number of nitrogens with zero attached hydrogens (tertiary/aromatic N) is 2. The van der Waals surface area contributed by atoms with Crippen LogP contribution in [-0.2, 0) is 25.7 Å². The average molecular weight is 489 g/mol. The van der Waals surface area contributed by atoms with Crippen molar-refractivity contribution in [3.05, 3.63) is 58.7 Å². The van der Waals surface area contributed by atoms with Crippen LogP contribution >= 0.6 is 0 Å². The fraction of sp³-hybridized carbons (Fsp3) is 0.588. The molecule has 0 N–H and O–H groups in total. The van der Waals surface area contributed by atoms with Crippen molar-refractivity contribution in [1.29, 1.82) is 0 Å². The Kier molecular flexibility index (Phi) is 15.8. The van der Waals surface area contributed by atoms with Gasteiger partial charge in [-0.05, 0) is 97.9 Å². The van der Waals surface area contributed by atoms with Gasteiger partial charge in [-0.2, -0.15) is 0 Å². The largest absolute Gasteiger partial charge is 0.255 e. The number of unbranched alkanes of at least 4 members (excludes halogenated alkanes) is 8. The van der Waals surface area contributed by atoms with Crippen LogP contribution < -0.4 is 0 Å². The van der Waals surface area contributed by atoms with E-state index in [0.29, 0.717) is 0 Å². The number of rotatable bonds is 19. The molecule has 2 aromatic rings. The summed E-state index contributed by atoms with van der Waals surface area (Å²) < 4.78 is 0. The molecule has 0 unspecified atom stereocenters. The molecule has 2 heteroatoms. The normalized spacial score (nSPS) is 11.8. The molecule has 0 aromatic heterocycles. The molecule has 0 heterocycles. The summed E-state index contributed by atoms with van der Waals surface area (Å²) in [5, 5.41) is 0. The lowest BCUT2D eigenvalue weighted by atomic mass is 9.96. The molecule has 0 saturated carbocycles. The second-order valence-electron chi connectivity index (χ2n) is 10.3. The fourth-order valence-corrected chi connectivity index (χ4v) is 4.84. The highest BCUT2D eigenvalue weighted by Gasteiger charge is 2.06. The van der Waals surface area contributed by atoms with Gasteiger partial charge in [0.15, 0.2) is 0 Å². The van der Waals surface area contributed by atoms with Gasteiger partial charge in [-0.3, -0.25) is 9.98 Å². The van der Waals surface area contributed by atoms with Crippen LogP contribution in [0.4, 0.5) is 11.4 Å². The first kappa shape index (κ1) is 30.0. The summed E-state index contributed by atoms with van der Waals surface area (Å²) in [7, 11) is 0. The molecule has 36 heavy (non-hydrogen) atoms. The van der Waals surface area contributed by atoms with Crippen molar-refractivity contribution >= 4 is 23.8 Å². The van der Waals surface area contributed by atoms with Crippen LogP contribution in [0.1, 0.15) is 127 Å². The van der Waals surface area contributed by atoms with Crippen LogP contribution in [0.3, 0.4) is 0 Å². The molecular formula is C34H52N2. The first-order valence-electron chi connectivity index (χ1n) is 15.0. The van der Waals surface area contributed by atoms with Crippen molar-refractivity contribution in [1.82, 2.24) is 0 Å². The Labute approximate surface area is 222 Å². The molecule has 0 atom stereocenters. The topological polar surface area (TPSA) is 24.7 Å². The predicted molar refractivity (Wildman–Crippen MR) is 162 cm³/mol. The maximum atomic E-state index is 4.72. The number of aliphatic imine (C=N–C) groups is 2. The molecule has 0 amide bonds. The Morgan fingerprint density at radius 3 is 1.11 bits per heavy atom. The van der Waals surface area contributed by atoms with E-state index in [4.69, 9.17) is 9.98 Å². The van der Waals surface area contributed by atoms with Gasteiger partial charge in [-0.25, -0.2) is 0 Å². The van der Waals surface area contributed by atoms with E-state index in [1.54, 1.807) is 0 Å². The Hall–Kier alpha value is -2.22. The lowest BCUT2D eigenvalue weighted by Crippen LogP contribution is -1.96. The van der Waals surface area contributed by atoms with E-state index >= 15 is 0 Å². The van der Waals surface area contributed by atoms with Gasteiger partial charge in [-0.15, -0.1) is 0 Å². The van der Waals surface area contributed by atoms with E-state index in [2.05, 4.69) is 64.1 Å². The third-order valence-corrected chi connectivity index (χ3v) is 7.09. The van der Waals surface area contributed by atoms with Crippen LogP contribution in [-0.4, -0.2) is 12.4 Å². The van der Waals surface area contributed by atoms with Crippen molar-refractivity contribution in [2.45, 2.75) is 130 Å². The monoisotopic (exact) mass is 488 g/mol. The molecule has 0 spiro atoms. The van der Waals surface area contributed by atoms with E-state index in [1.165, 1.54) is 112 Å². The van der Waals surface area contributed by atoms with E-state index in [-0.39, 0.29) is 0 Å². The summed E-state index contributed by atoms with van der Waals surface area (Å²) >= 11 is 0. The second-order valence-corrected chi connectivity index (χ2v) is 10.3. The standard InChI is InChI=1S/C34H52N2/c1-5-9-13-17-29-21-23-33(27-31(29)19-15-11-7-3)35-25-26-36-34-24-22-30(18-14-10-6-2)32(28-34)20-16-12-8-4/h21-28H,5-20H2,1-4H3. The number of benzene rings is 2. The van der Waals surface area contributed by atoms with Crippen LogP contribution in [0.2, 0.25) is 0 Å². The van der Waals surface area contributed by atoms with Crippen LogP contribution in [0.15, 0.2) is 46.4 Å². The molecule has 198 valence electrons. The minimum absolute atomic E-state index is 1.04. The van der Waals surface area contributed by atoms with Crippen LogP contribution in [0.5, 0.6) is 0 Å². The third kappa shape index (κ3) is 11.7. The quantitative estimate of drug-likeness (QED) is 0.139. The molecule has 0 aliphatic carbocycles. The molecule has 0 fully saturated rings. The number of aryl methyl sites for hydroxylation is 4. The summed E-state index contributed by atoms with van der Waals surface area (Å²) in [6, 6.07) is 13.6. The fourth-order valence-electron chi connectivity index (χ4n) is 4.84. The van der Waals surface area contributed by atoms with Crippen molar-refractivity contribution in [3.8, 4) is 0 Å². The van der Waals surface area contributed by atoms with E-state index in [9.17, 15) is 0 Å². The lowest BCUT2D eigenvalue weighted by Gasteiger charge is -2.11. The molecule has 0 aliphatic heterocycles. The Bertz CT molecular complexity index is 834. The first-order valence-corrected chi connectivity index (χ1v) is 15.0. The summed E-state index contributed by atoms with van der Waals surface area (Å²) in [4.78, 5) is 9.45. The summed E-state index contributed by atoms with van der Waals surface area (Å²) in [6.07, 6.45) is 23.8. The Balaban J connectivity index is 2.08. The SMILES string of the molecule is CCCCCc1ccc(N=CC=Nc2ccc(CCCCC)c(CCCCC)c2)cc1CCCCC. The third-order valence-electron chi connectivity index (χ3n) is 7.09. The van der Waals surface area contributed by atoms with Gasteiger partial charge in [0, 0.05) is 12.4 Å². The number of hydrogen-bond acceptors (Lipinski definition) is 2. The molecular weight excluding hydrogens is 436 g/mol. The predicted octanol–water partition coefficient (Wildman–Crippen LogP) is 10.7. The van der Waals surface area contributed by atoms with Crippen LogP contribution in [0.25, 0.3) is 0 Å². The smallest absolute Gasteiger partial charge is 0.0633 e. The van der Waals surface area contributed by atoms with Gasteiger partial charge in [-0.1, -0.05) is 91.2 Å². The highest BCUT2D eigenvalue weighted by Crippen LogP contribution is 2.24. The molecule has 0 radical (unpaired) electrons. The van der Waals surface area contributed by atoms with Crippen molar-refractivity contribution in [2.24, 2.45) is 9.98 Å². The molecule has 2 aromatic carbocycles. The highest BCUT2D eigenvalue weighted by molar-refractivity contribution is 6.17. The summed E-state index contributed by atoms with van der Waals surface area (Å²) in [6.45, 7) is 9.10. The average Bonchev–Trinajstić information content (AvgIpc) is 2.89. The van der Waals surface area contributed by atoms with E-state index in [0.717, 1.165) is 24.2 Å². The van der Waals surface area contributed by atoms with Gasteiger partial charge in [0.05, 0.1) is 11.4 Å². The van der Waals surface area contributed by atoms with Crippen molar-refractivity contribution < 1.29 is 0 Å². The molecule has 2 rings (SSSR count). The van der Waals surface area contributed by atoms with Crippen LogP contribution in [0, 0.1) is 0 Å². The molecule has 0 saturated heterocycles.